The third kappa shape index (κ3) is 8.35. The van der Waals surface area contributed by atoms with Crippen molar-refractivity contribution in [3.8, 4) is 0 Å². The molecule has 2 aromatic rings. The van der Waals surface area contributed by atoms with Gasteiger partial charge in [-0.25, -0.2) is 12.8 Å². The lowest BCUT2D eigenvalue weighted by Crippen LogP contribution is -2.49. The fourth-order valence-electron chi connectivity index (χ4n) is 3.76. The number of rotatable bonds is 13. The molecular weight excluding hydrogens is 528 g/mol. The van der Waals surface area contributed by atoms with E-state index in [2.05, 4.69) is 5.32 Å². The Balaban J connectivity index is 2.25. The lowest BCUT2D eigenvalue weighted by molar-refractivity contribution is -0.141. The van der Waals surface area contributed by atoms with E-state index >= 15 is 0 Å². The summed E-state index contributed by atoms with van der Waals surface area (Å²) in [6.45, 7) is 4.20. The van der Waals surface area contributed by atoms with Gasteiger partial charge in [-0.15, -0.1) is 0 Å². The fraction of sp³-hybridized carbons (Fsp3) is 0.440. The first-order valence-electron chi connectivity index (χ1n) is 11.7. The van der Waals surface area contributed by atoms with E-state index in [9.17, 15) is 22.4 Å². The van der Waals surface area contributed by atoms with Crippen LogP contribution < -0.4 is 9.62 Å². The minimum absolute atomic E-state index is 0.0523. The number of anilines is 1. The predicted octanol–water partition coefficient (Wildman–Crippen LogP) is 5.01. The fourth-order valence-corrected chi connectivity index (χ4v) is 5.19. The van der Waals surface area contributed by atoms with Gasteiger partial charge < -0.3 is 10.2 Å². The second-order valence-corrected chi connectivity index (χ2v) is 11.1. The Morgan fingerprint density at radius 1 is 1.11 bits per heavy atom. The van der Waals surface area contributed by atoms with Crippen molar-refractivity contribution in [1.82, 2.24) is 10.2 Å². The van der Waals surface area contributed by atoms with Crippen LogP contribution in [-0.2, 0) is 26.2 Å². The summed E-state index contributed by atoms with van der Waals surface area (Å²) in [5.41, 5.74) is 0.544. The minimum Gasteiger partial charge on any atom is -0.354 e. The van der Waals surface area contributed by atoms with Crippen LogP contribution in [-0.4, -0.2) is 50.5 Å². The molecule has 0 aromatic heterocycles. The third-order valence-corrected chi connectivity index (χ3v) is 7.33. The van der Waals surface area contributed by atoms with E-state index in [1.165, 1.54) is 23.1 Å². The van der Waals surface area contributed by atoms with Gasteiger partial charge in [-0.2, -0.15) is 0 Å². The van der Waals surface area contributed by atoms with Gasteiger partial charge in [0.25, 0.3) is 0 Å². The number of hydrogen-bond acceptors (Lipinski definition) is 4. The third-order valence-electron chi connectivity index (χ3n) is 5.56. The molecule has 2 amide bonds. The molecule has 36 heavy (non-hydrogen) atoms. The van der Waals surface area contributed by atoms with Gasteiger partial charge in [0, 0.05) is 36.1 Å². The summed E-state index contributed by atoms with van der Waals surface area (Å²) < 4.78 is 39.9. The molecule has 2 rings (SSSR count). The van der Waals surface area contributed by atoms with Gasteiger partial charge in [-0.3, -0.25) is 13.9 Å². The number of benzene rings is 2. The molecule has 0 aliphatic heterocycles. The zero-order chi connectivity index (χ0) is 26.9. The number of amides is 2. The number of hydrogen-bond donors (Lipinski definition) is 1. The van der Waals surface area contributed by atoms with Gasteiger partial charge >= 0.3 is 0 Å². The lowest BCUT2D eigenvalue weighted by Gasteiger charge is -2.31. The maximum absolute atomic E-state index is 14.3. The Hall–Kier alpha value is -2.36. The summed E-state index contributed by atoms with van der Waals surface area (Å²) in [7, 11) is -3.79. The van der Waals surface area contributed by atoms with E-state index < -0.39 is 21.9 Å². The van der Waals surface area contributed by atoms with Crippen molar-refractivity contribution in [2.75, 3.05) is 23.7 Å². The topological polar surface area (TPSA) is 86.8 Å². The van der Waals surface area contributed by atoms with Crippen molar-refractivity contribution < 1.29 is 22.4 Å². The van der Waals surface area contributed by atoms with E-state index in [-0.39, 0.29) is 43.4 Å². The molecule has 0 saturated carbocycles. The molecular formula is C25H32Cl2FN3O4S. The van der Waals surface area contributed by atoms with Gasteiger partial charge in [-0.1, -0.05) is 55.2 Å². The van der Waals surface area contributed by atoms with Gasteiger partial charge in [-0.05, 0) is 49.1 Å². The molecule has 11 heteroatoms. The number of nitrogens with zero attached hydrogens (tertiary/aromatic N) is 2. The second-order valence-electron chi connectivity index (χ2n) is 8.36. The monoisotopic (exact) mass is 559 g/mol. The average molecular weight is 561 g/mol. The summed E-state index contributed by atoms with van der Waals surface area (Å²) in [6.07, 6.45) is 2.18. The molecule has 1 atom stereocenters. The van der Waals surface area contributed by atoms with Crippen molar-refractivity contribution in [3.05, 3.63) is 63.9 Å². The van der Waals surface area contributed by atoms with Crippen molar-refractivity contribution in [2.24, 2.45) is 0 Å². The SMILES string of the molecule is CCCNC(=O)C(CC)N(Cc1ccc(Cl)cc1Cl)C(=O)CCCN(c1ccccc1F)S(C)(=O)=O. The summed E-state index contributed by atoms with van der Waals surface area (Å²) >= 11 is 12.3. The first kappa shape index (κ1) is 29.9. The van der Waals surface area contributed by atoms with Crippen molar-refractivity contribution >= 4 is 50.7 Å². The van der Waals surface area contributed by atoms with Crippen LogP contribution in [0.4, 0.5) is 10.1 Å². The number of sulfonamides is 1. The predicted molar refractivity (Wildman–Crippen MR) is 142 cm³/mol. The maximum Gasteiger partial charge on any atom is 0.242 e. The van der Waals surface area contributed by atoms with Crippen molar-refractivity contribution in [2.45, 2.75) is 52.1 Å². The molecule has 7 nitrogen and oxygen atoms in total. The number of halogens is 3. The second kappa shape index (κ2) is 13.8. The Kier molecular flexibility index (Phi) is 11.5. The molecule has 198 valence electrons. The molecule has 1 unspecified atom stereocenters. The van der Waals surface area contributed by atoms with Crippen LogP contribution >= 0.6 is 23.2 Å². The van der Waals surface area contributed by atoms with E-state index in [0.717, 1.165) is 17.0 Å². The Bertz CT molecular complexity index is 1160. The van der Waals surface area contributed by atoms with Crippen LogP contribution in [0.25, 0.3) is 0 Å². The van der Waals surface area contributed by atoms with Gasteiger partial charge in [0.2, 0.25) is 21.8 Å². The van der Waals surface area contributed by atoms with Gasteiger partial charge in [0.05, 0.1) is 11.9 Å². The van der Waals surface area contributed by atoms with E-state index in [0.29, 0.717) is 28.6 Å². The summed E-state index contributed by atoms with van der Waals surface area (Å²) in [4.78, 5) is 27.7. The zero-order valence-corrected chi connectivity index (χ0v) is 23.0. The molecule has 0 spiro atoms. The molecule has 0 saturated heterocycles. The van der Waals surface area contributed by atoms with Gasteiger partial charge in [0.15, 0.2) is 0 Å². The smallest absolute Gasteiger partial charge is 0.242 e. The molecule has 2 aromatic carbocycles. The summed E-state index contributed by atoms with van der Waals surface area (Å²) in [6, 6.07) is 9.74. The van der Waals surface area contributed by atoms with Gasteiger partial charge in [0.1, 0.15) is 11.9 Å². The highest BCUT2D eigenvalue weighted by atomic mass is 35.5. The summed E-state index contributed by atoms with van der Waals surface area (Å²) in [5.74, 6) is -1.30. The first-order chi connectivity index (χ1) is 17.0. The molecule has 0 bridgehead atoms. The summed E-state index contributed by atoms with van der Waals surface area (Å²) in [5, 5.41) is 3.65. The molecule has 0 fully saturated rings. The minimum atomic E-state index is -3.79. The van der Waals surface area contributed by atoms with Crippen LogP contribution in [0.15, 0.2) is 42.5 Å². The quantitative estimate of drug-likeness (QED) is 0.373. The average Bonchev–Trinajstić information content (AvgIpc) is 2.81. The lowest BCUT2D eigenvalue weighted by atomic mass is 10.1. The maximum atomic E-state index is 14.3. The van der Waals surface area contributed by atoms with Crippen LogP contribution in [0.5, 0.6) is 0 Å². The number of carbonyl (C=O) groups excluding carboxylic acids is 2. The van der Waals surface area contributed by atoms with Crippen LogP contribution in [0.3, 0.4) is 0 Å². The molecule has 0 heterocycles. The first-order valence-corrected chi connectivity index (χ1v) is 14.3. The largest absolute Gasteiger partial charge is 0.354 e. The van der Waals surface area contributed by atoms with Crippen LogP contribution in [0.2, 0.25) is 10.0 Å². The zero-order valence-electron chi connectivity index (χ0n) is 20.6. The standard InChI is InChI=1S/C25H32Cl2FN3O4S/c1-4-14-29-25(33)22(5-2)30(17-18-12-13-19(26)16-20(18)27)24(32)11-8-15-31(36(3,34)35)23-10-7-6-9-21(23)28/h6-7,9-10,12-13,16,22H,4-5,8,11,14-15,17H2,1-3H3,(H,29,33). The molecule has 0 aliphatic rings. The van der Waals surface area contributed by atoms with Crippen molar-refractivity contribution in [1.29, 1.82) is 0 Å². The molecule has 0 aliphatic carbocycles. The van der Waals surface area contributed by atoms with E-state index in [1.807, 2.05) is 13.8 Å². The molecule has 0 radical (unpaired) electrons. The highest BCUT2D eigenvalue weighted by Gasteiger charge is 2.29. The van der Waals surface area contributed by atoms with Crippen LogP contribution in [0, 0.1) is 5.82 Å². The normalized spacial score (nSPS) is 12.2. The number of para-hydroxylation sites is 1. The van der Waals surface area contributed by atoms with E-state index in [4.69, 9.17) is 23.2 Å². The number of carbonyl (C=O) groups is 2. The Labute approximate surface area is 222 Å². The van der Waals surface area contributed by atoms with Crippen molar-refractivity contribution in [3.63, 3.8) is 0 Å². The Morgan fingerprint density at radius 3 is 2.39 bits per heavy atom. The van der Waals surface area contributed by atoms with Crippen LogP contribution in [0.1, 0.15) is 45.1 Å². The highest BCUT2D eigenvalue weighted by Crippen LogP contribution is 2.25. The van der Waals surface area contributed by atoms with E-state index in [1.54, 1.807) is 24.3 Å². The molecule has 1 N–H and O–H groups in total. The Morgan fingerprint density at radius 2 is 1.81 bits per heavy atom. The number of nitrogens with one attached hydrogen (secondary N) is 1. The highest BCUT2D eigenvalue weighted by molar-refractivity contribution is 7.92.